The lowest BCUT2D eigenvalue weighted by atomic mass is 9.99. The summed E-state index contributed by atoms with van der Waals surface area (Å²) in [6.45, 7) is 10.4. The van der Waals surface area contributed by atoms with Crippen molar-refractivity contribution < 1.29 is 9.90 Å². The van der Waals surface area contributed by atoms with Crippen LogP contribution in [0.3, 0.4) is 0 Å². The van der Waals surface area contributed by atoms with Crippen LogP contribution < -0.4 is 0 Å². The average Bonchev–Trinajstić information content (AvgIpc) is 2.30. The number of carboxylic acid groups (broad SMARTS) is 1. The van der Waals surface area contributed by atoms with E-state index >= 15 is 0 Å². The summed E-state index contributed by atoms with van der Waals surface area (Å²) in [5.41, 5.74) is 3.56. The van der Waals surface area contributed by atoms with Crippen molar-refractivity contribution in [1.29, 1.82) is 0 Å². The minimum absolute atomic E-state index is 0.0283. The molecule has 1 N–H and O–H groups in total. The largest absolute Gasteiger partial charge is 0.480 e. The zero-order valence-corrected chi connectivity index (χ0v) is 11.3. The molecule has 1 unspecified atom stereocenters. The topological polar surface area (TPSA) is 40.5 Å². The lowest BCUT2D eigenvalue weighted by Crippen LogP contribution is -2.32. The third-order valence-electron chi connectivity index (χ3n) is 3.13. The molecular formula is C15H21NO2. The number of hydrogen-bond acceptors (Lipinski definition) is 2. The summed E-state index contributed by atoms with van der Waals surface area (Å²) in [5.74, 6) is -0.811. The first-order chi connectivity index (χ1) is 8.45. The fourth-order valence-electron chi connectivity index (χ4n) is 2.11. The summed E-state index contributed by atoms with van der Waals surface area (Å²) in [6.07, 6.45) is 1.74. The SMILES string of the molecule is C=CCN(CC(=O)O)C(C)c1cc(C)ccc1C. The van der Waals surface area contributed by atoms with Gasteiger partial charge < -0.3 is 5.11 Å². The number of aliphatic carboxylic acids is 1. The van der Waals surface area contributed by atoms with Gasteiger partial charge >= 0.3 is 5.97 Å². The standard InChI is InChI=1S/C15H21NO2/c1-5-8-16(10-15(17)18)13(4)14-9-11(2)6-7-12(14)3/h5-7,9,13H,1,8,10H2,2-4H3,(H,17,18). The van der Waals surface area contributed by atoms with Crippen molar-refractivity contribution in [2.75, 3.05) is 13.1 Å². The molecule has 0 fully saturated rings. The fourth-order valence-corrected chi connectivity index (χ4v) is 2.11. The Morgan fingerprint density at radius 1 is 1.50 bits per heavy atom. The lowest BCUT2D eigenvalue weighted by molar-refractivity contribution is -0.138. The highest BCUT2D eigenvalue weighted by Gasteiger charge is 2.18. The Hall–Kier alpha value is -1.61. The molecule has 0 radical (unpaired) electrons. The minimum atomic E-state index is -0.811. The van der Waals surface area contributed by atoms with Crippen LogP contribution in [-0.4, -0.2) is 29.1 Å². The summed E-state index contributed by atoms with van der Waals surface area (Å²) in [4.78, 5) is 12.8. The minimum Gasteiger partial charge on any atom is -0.480 e. The van der Waals surface area contributed by atoms with E-state index in [0.29, 0.717) is 6.54 Å². The molecule has 0 amide bonds. The maximum Gasteiger partial charge on any atom is 0.317 e. The van der Waals surface area contributed by atoms with Crippen molar-refractivity contribution >= 4 is 5.97 Å². The Morgan fingerprint density at radius 3 is 2.72 bits per heavy atom. The van der Waals surface area contributed by atoms with Crippen LogP contribution in [0.5, 0.6) is 0 Å². The molecule has 98 valence electrons. The van der Waals surface area contributed by atoms with Crippen LogP contribution in [0.4, 0.5) is 0 Å². The van der Waals surface area contributed by atoms with E-state index in [0.717, 1.165) is 0 Å². The number of aryl methyl sites for hydroxylation is 2. The second kappa shape index (κ2) is 6.36. The van der Waals surface area contributed by atoms with E-state index in [1.54, 1.807) is 6.08 Å². The molecule has 1 aromatic rings. The maximum absolute atomic E-state index is 10.9. The molecule has 0 spiro atoms. The molecule has 1 atom stereocenters. The summed E-state index contributed by atoms with van der Waals surface area (Å²) in [6, 6.07) is 6.34. The number of benzene rings is 1. The molecule has 0 aliphatic rings. The van der Waals surface area contributed by atoms with Gasteiger partial charge in [-0.1, -0.05) is 29.8 Å². The zero-order chi connectivity index (χ0) is 13.7. The predicted molar refractivity (Wildman–Crippen MR) is 73.7 cm³/mol. The Bertz CT molecular complexity index is 440. The highest BCUT2D eigenvalue weighted by molar-refractivity contribution is 5.69. The Morgan fingerprint density at radius 2 is 2.17 bits per heavy atom. The number of carboxylic acids is 1. The van der Waals surface area contributed by atoms with Crippen molar-refractivity contribution in [2.24, 2.45) is 0 Å². The van der Waals surface area contributed by atoms with Gasteiger partial charge in [0.05, 0.1) is 6.54 Å². The van der Waals surface area contributed by atoms with Crippen LogP contribution >= 0.6 is 0 Å². The molecular weight excluding hydrogens is 226 g/mol. The van der Waals surface area contributed by atoms with Crippen molar-refractivity contribution in [3.05, 3.63) is 47.5 Å². The highest BCUT2D eigenvalue weighted by atomic mass is 16.4. The van der Waals surface area contributed by atoms with Gasteiger partial charge in [-0.3, -0.25) is 9.69 Å². The van der Waals surface area contributed by atoms with Crippen molar-refractivity contribution in [3.63, 3.8) is 0 Å². The molecule has 1 rings (SSSR count). The second-order valence-electron chi connectivity index (χ2n) is 4.65. The second-order valence-corrected chi connectivity index (χ2v) is 4.65. The van der Waals surface area contributed by atoms with Crippen LogP contribution in [0, 0.1) is 13.8 Å². The molecule has 0 saturated heterocycles. The average molecular weight is 247 g/mol. The molecule has 0 aliphatic carbocycles. The van der Waals surface area contributed by atoms with Crippen LogP contribution in [0.2, 0.25) is 0 Å². The first-order valence-electron chi connectivity index (χ1n) is 6.09. The molecule has 18 heavy (non-hydrogen) atoms. The van der Waals surface area contributed by atoms with Crippen LogP contribution in [0.15, 0.2) is 30.9 Å². The van der Waals surface area contributed by atoms with Crippen LogP contribution in [-0.2, 0) is 4.79 Å². The number of carbonyl (C=O) groups is 1. The molecule has 3 heteroatoms. The Balaban J connectivity index is 3.00. The molecule has 1 aromatic carbocycles. The van der Waals surface area contributed by atoms with Gasteiger partial charge in [0.2, 0.25) is 0 Å². The van der Waals surface area contributed by atoms with Gasteiger partial charge in [0.25, 0.3) is 0 Å². The fraction of sp³-hybridized carbons (Fsp3) is 0.400. The normalized spacial score (nSPS) is 12.4. The van der Waals surface area contributed by atoms with Gasteiger partial charge in [-0.25, -0.2) is 0 Å². The first kappa shape index (κ1) is 14.5. The molecule has 0 saturated carbocycles. The third kappa shape index (κ3) is 3.70. The van der Waals surface area contributed by atoms with E-state index in [2.05, 4.69) is 31.7 Å². The van der Waals surface area contributed by atoms with E-state index < -0.39 is 5.97 Å². The van der Waals surface area contributed by atoms with Gasteiger partial charge in [-0.05, 0) is 31.9 Å². The van der Waals surface area contributed by atoms with Crippen molar-refractivity contribution in [2.45, 2.75) is 26.8 Å². The van der Waals surface area contributed by atoms with Gasteiger partial charge in [-0.2, -0.15) is 0 Å². The quantitative estimate of drug-likeness (QED) is 0.786. The van der Waals surface area contributed by atoms with Crippen molar-refractivity contribution in [3.8, 4) is 0 Å². The molecule has 0 heterocycles. The Labute approximate surface area is 109 Å². The summed E-state index contributed by atoms with van der Waals surface area (Å²) in [7, 11) is 0. The van der Waals surface area contributed by atoms with E-state index in [4.69, 9.17) is 5.11 Å². The van der Waals surface area contributed by atoms with E-state index in [1.165, 1.54) is 16.7 Å². The molecule has 0 aliphatic heterocycles. The van der Waals surface area contributed by atoms with Crippen LogP contribution in [0.1, 0.15) is 29.7 Å². The van der Waals surface area contributed by atoms with Gasteiger partial charge in [0, 0.05) is 12.6 Å². The van der Waals surface area contributed by atoms with E-state index in [9.17, 15) is 4.79 Å². The number of hydrogen-bond donors (Lipinski definition) is 1. The van der Waals surface area contributed by atoms with E-state index in [-0.39, 0.29) is 12.6 Å². The molecule has 0 aromatic heterocycles. The Kier molecular flexibility index (Phi) is 5.10. The molecule has 0 bridgehead atoms. The van der Waals surface area contributed by atoms with Crippen molar-refractivity contribution in [1.82, 2.24) is 4.90 Å². The summed E-state index contributed by atoms with van der Waals surface area (Å²) < 4.78 is 0. The first-order valence-corrected chi connectivity index (χ1v) is 6.09. The van der Waals surface area contributed by atoms with E-state index in [1.807, 2.05) is 18.7 Å². The lowest BCUT2D eigenvalue weighted by Gasteiger charge is -2.28. The van der Waals surface area contributed by atoms with Gasteiger partial charge in [0.15, 0.2) is 0 Å². The summed E-state index contributed by atoms with van der Waals surface area (Å²) in [5, 5.41) is 8.95. The maximum atomic E-state index is 10.9. The monoisotopic (exact) mass is 247 g/mol. The third-order valence-corrected chi connectivity index (χ3v) is 3.13. The number of rotatable bonds is 6. The van der Waals surface area contributed by atoms with Crippen LogP contribution in [0.25, 0.3) is 0 Å². The molecule has 3 nitrogen and oxygen atoms in total. The van der Waals surface area contributed by atoms with Gasteiger partial charge in [-0.15, -0.1) is 6.58 Å². The number of nitrogens with zero attached hydrogens (tertiary/aromatic N) is 1. The summed E-state index contributed by atoms with van der Waals surface area (Å²) >= 11 is 0. The highest BCUT2D eigenvalue weighted by Crippen LogP contribution is 2.24. The van der Waals surface area contributed by atoms with Gasteiger partial charge in [0.1, 0.15) is 0 Å². The zero-order valence-electron chi connectivity index (χ0n) is 11.3. The predicted octanol–water partition coefficient (Wildman–Crippen LogP) is 2.94. The smallest absolute Gasteiger partial charge is 0.317 e.